The van der Waals surface area contributed by atoms with Crippen LogP contribution in [0.15, 0.2) is 28.7 Å². The van der Waals surface area contributed by atoms with Crippen molar-refractivity contribution in [1.82, 2.24) is 4.90 Å². The third-order valence-electron chi connectivity index (χ3n) is 7.81. The van der Waals surface area contributed by atoms with Crippen LogP contribution in [0.1, 0.15) is 110 Å². The number of nitrogens with zero attached hydrogens (tertiary/aromatic N) is 1. The number of furan rings is 1. The number of fused-ring (bicyclic) bond motifs is 1. The van der Waals surface area contributed by atoms with Crippen LogP contribution in [0.2, 0.25) is 0 Å². The third kappa shape index (κ3) is 4.67. The first-order chi connectivity index (χ1) is 16.5. The minimum Gasteiger partial charge on any atom is -0.464 e. The molecule has 1 aromatic carbocycles. The van der Waals surface area contributed by atoms with Gasteiger partial charge in [0.25, 0.3) is 5.91 Å². The highest BCUT2D eigenvalue weighted by atomic mass is 16.5. The summed E-state index contributed by atoms with van der Waals surface area (Å²) in [7, 11) is 0. The van der Waals surface area contributed by atoms with Gasteiger partial charge in [-0.05, 0) is 91.7 Å². The minimum absolute atomic E-state index is 0.0196. The molecule has 188 valence electrons. The lowest BCUT2D eigenvalue weighted by Crippen LogP contribution is -2.48. The molecule has 0 radical (unpaired) electrons. The van der Waals surface area contributed by atoms with Gasteiger partial charge < -0.3 is 14.1 Å². The molecule has 1 atom stereocenters. The Kier molecular flexibility index (Phi) is 6.69. The molecule has 1 fully saturated rings. The lowest BCUT2D eigenvalue weighted by molar-refractivity contribution is -0.149. The summed E-state index contributed by atoms with van der Waals surface area (Å²) in [5.74, 6) is -0.801. The summed E-state index contributed by atoms with van der Waals surface area (Å²) >= 11 is 0. The zero-order valence-electron chi connectivity index (χ0n) is 21.8. The molecule has 0 saturated carbocycles. The fraction of sp³-hybridized carbons (Fsp3) is 0.552. The van der Waals surface area contributed by atoms with E-state index in [1.54, 1.807) is 13.0 Å². The molecule has 1 amide bonds. The molecule has 1 saturated heterocycles. The van der Waals surface area contributed by atoms with Crippen LogP contribution in [0, 0.1) is 6.92 Å². The van der Waals surface area contributed by atoms with Crippen molar-refractivity contribution in [2.75, 3.05) is 13.2 Å². The maximum Gasteiger partial charge on any atom is 0.328 e. The predicted molar refractivity (Wildman–Crippen MR) is 134 cm³/mol. The molecule has 1 aromatic heterocycles. The molecular weight excluding hydrogens is 442 g/mol. The van der Waals surface area contributed by atoms with E-state index in [1.807, 2.05) is 13.0 Å². The summed E-state index contributed by atoms with van der Waals surface area (Å²) in [5, 5.41) is 0. The maximum absolute atomic E-state index is 13.5. The van der Waals surface area contributed by atoms with Gasteiger partial charge in [0.1, 0.15) is 6.04 Å². The SMILES string of the molecule is CCOC(=O)C1CCCCN1C(=O)c1ccc(C(=O)c2cc3c(cc2C)C(C)(C)CCC3(C)C)o1. The highest BCUT2D eigenvalue weighted by Crippen LogP contribution is 2.46. The summed E-state index contributed by atoms with van der Waals surface area (Å²) < 4.78 is 11.0. The number of likely N-dealkylation sites (tertiary alicyclic amines) is 1. The van der Waals surface area contributed by atoms with Gasteiger partial charge in [-0.1, -0.05) is 33.8 Å². The van der Waals surface area contributed by atoms with E-state index in [2.05, 4.69) is 33.8 Å². The maximum atomic E-state index is 13.5. The number of piperidine rings is 1. The normalized spacial score (nSPS) is 20.7. The first-order valence-electron chi connectivity index (χ1n) is 12.7. The fourth-order valence-electron chi connectivity index (χ4n) is 5.47. The van der Waals surface area contributed by atoms with E-state index in [-0.39, 0.29) is 40.6 Å². The van der Waals surface area contributed by atoms with Crippen molar-refractivity contribution in [1.29, 1.82) is 0 Å². The second-order valence-electron chi connectivity index (χ2n) is 11.2. The van der Waals surface area contributed by atoms with Crippen LogP contribution in [-0.2, 0) is 20.4 Å². The number of ether oxygens (including phenoxy) is 1. The predicted octanol–water partition coefficient (Wildman–Crippen LogP) is 5.73. The summed E-state index contributed by atoms with van der Waals surface area (Å²) in [6.45, 7) is 13.4. The summed E-state index contributed by atoms with van der Waals surface area (Å²) in [5.41, 5.74) is 4.05. The summed E-state index contributed by atoms with van der Waals surface area (Å²) in [6, 6.07) is 6.66. The van der Waals surface area contributed by atoms with Crippen LogP contribution in [0.5, 0.6) is 0 Å². The van der Waals surface area contributed by atoms with E-state index in [1.165, 1.54) is 22.1 Å². The molecule has 6 nitrogen and oxygen atoms in total. The topological polar surface area (TPSA) is 76.8 Å². The Bertz CT molecular complexity index is 1160. The number of aryl methyl sites for hydroxylation is 1. The van der Waals surface area contributed by atoms with Crippen molar-refractivity contribution < 1.29 is 23.5 Å². The van der Waals surface area contributed by atoms with Gasteiger partial charge in [0, 0.05) is 12.1 Å². The molecule has 0 N–H and O–H groups in total. The number of carbonyl (C=O) groups is 3. The van der Waals surface area contributed by atoms with Crippen molar-refractivity contribution in [3.8, 4) is 0 Å². The first kappa shape index (κ1) is 25.2. The first-order valence-corrected chi connectivity index (χ1v) is 12.7. The average molecular weight is 480 g/mol. The number of hydrogen-bond acceptors (Lipinski definition) is 5. The largest absolute Gasteiger partial charge is 0.464 e. The number of rotatable bonds is 5. The van der Waals surface area contributed by atoms with E-state index >= 15 is 0 Å². The quantitative estimate of drug-likeness (QED) is 0.405. The minimum atomic E-state index is -0.617. The van der Waals surface area contributed by atoms with Crippen LogP contribution in [0.25, 0.3) is 0 Å². The van der Waals surface area contributed by atoms with E-state index < -0.39 is 12.0 Å². The lowest BCUT2D eigenvalue weighted by Gasteiger charge is -2.42. The Morgan fingerprint density at radius 3 is 2.29 bits per heavy atom. The van der Waals surface area contributed by atoms with Crippen LogP contribution in [0.3, 0.4) is 0 Å². The van der Waals surface area contributed by atoms with Crippen LogP contribution >= 0.6 is 0 Å². The third-order valence-corrected chi connectivity index (χ3v) is 7.81. The van der Waals surface area contributed by atoms with E-state index in [9.17, 15) is 14.4 Å². The van der Waals surface area contributed by atoms with Crippen LogP contribution < -0.4 is 0 Å². The average Bonchev–Trinajstić information content (AvgIpc) is 3.31. The van der Waals surface area contributed by atoms with Gasteiger partial charge in [-0.15, -0.1) is 0 Å². The van der Waals surface area contributed by atoms with Gasteiger partial charge in [-0.2, -0.15) is 0 Å². The number of amides is 1. The molecule has 2 heterocycles. The number of esters is 1. The smallest absolute Gasteiger partial charge is 0.328 e. The molecule has 4 rings (SSSR count). The number of hydrogen-bond donors (Lipinski definition) is 0. The van der Waals surface area contributed by atoms with Gasteiger partial charge >= 0.3 is 5.97 Å². The molecule has 1 unspecified atom stereocenters. The Morgan fingerprint density at radius 2 is 1.63 bits per heavy atom. The fourth-order valence-corrected chi connectivity index (χ4v) is 5.47. The van der Waals surface area contributed by atoms with Gasteiger partial charge in [-0.25, -0.2) is 4.79 Å². The molecule has 1 aliphatic carbocycles. The van der Waals surface area contributed by atoms with E-state index in [4.69, 9.17) is 9.15 Å². The molecule has 6 heteroatoms. The van der Waals surface area contributed by atoms with Gasteiger partial charge in [0.05, 0.1) is 6.61 Å². The second kappa shape index (κ2) is 9.29. The lowest BCUT2D eigenvalue weighted by atomic mass is 9.62. The number of benzene rings is 1. The van der Waals surface area contributed by atoms with Crippen molar-refractivity contribution >= 4 is 17.7 Å². The zero-order valence-corrected chi connectivity index (χ0v) is 21.8. The highest BCUT2D eigenvalue weighted by Gasteiger charge is 2.38. The Morgan fingerprint density at radius 1 is 1.00 bits per heavy atom. The molecule has 0 bridgehead atoms. The Hall–Kier alpha value is -2.89. The molecule has 2 aromatic rings. The molecule has 0 spiro atoms. The van der Waals surface area contributed by atoms with Gasteiger partial charge in [0.15, 0.2) is 11.5 Å². The van der Waals surface area contributed by atoms with Crippen LogP contribution in [0.4, 0.5) is 0 Å². The standard InChI is InChI=1S/C29H37NO5/c1-7-34-27(33)22-10-8-9-15-30(22)26(32)24-12-11-23(35-24)25(31)19-17-21-20(16-18(19)2)28(3,4)13-14-29(21,5)6/h11-12,16-17,22H,7-10,13-15H2,1-6H3. The number of carbonyl (C=O) groups excluding carboxylic acids is 3. The summed E-state index contributed by atoms with van der Waals surface area (Å²) in [4.78, 5) is 40.6. The second-order valence-corrected chi connectivity index (χ2v) is 11.2. The van der Waals surface area contributed by atoms with Crippen molar-refractivity contribution in [2.45, 2.75) is 90.5 Å². The van der Waals surface area contributed by atoms with Gasteiger partial charge in [-0.3, -0.25) is 9.59 Å². The molecule has 35 heavy (non-hydrogen) atoms. The van der Waals surface area contributed by atoms with Gasteiger partial charge in [0.2, 0.25) is 5.78 Å². The molecular formula is C29H37NO5. The van der Waals surface area contributed by atoms with E-state index in [0.717, 1.165) is 31.2 Å². The Balaban J connectivity index is 1.62. The van der Waals surface area contributed by atoms with Crippen molar-refractivity contribution in [2.24, 2.45) is 0 Å². The van der Waals surface area contributed by atoms with E-state index in [0.29, 0.717) is 18.5 Å². The molecule has 2 aliphatic rings. The molecule has 1 aliphatic heterocycles. The summed E-state index contributed by atoms with van der Waals surface area (Å²) in [6.07, 6.45) is 4.40. The van der Waals surface area contributed by atoms with Crippen molar-refractivity contribution in [3.05, 3.63) is 58.0 Å². The Labute approximate surface area is 208 Å². The highest BCUT2D eigenvalue weighted by molar-refractivity contribution is 6.09. The zero-order chi connectivity index (χ0) is 25.5. The monoisotopic (exact) mass is 479 g/mol. The van der Waals surface area contributed by atoms with Crippen molar-refractivity contribution in [3.63, 3.8) is 0 Å². The van der Waals surface area contributed by atoms with Crippen LogP contribution in [-0.4, -0.2) is 41.8 Å². The number of ketones is 1.